The highest BCUT2D eigenvalue weighted by Crippen LogP contribution is 2.17. The van der Waals surface area contributed by atoms with E-state index in [0.29, 0.717) is 5.71 Å². The number of sulfonamides is 1. The van der Waals surface area contributed by atoms with Crippen molar-refractivity contribution >= 4 is 27.1 Å². The first kappa shape index (κ1) is 16.4. The molecule has 0 radical (unpaired) electrons. The Bertz CT molecular complexity index is 930. The number of hydrogen-bond acceptors (Lipinski definition) is 4. The maximum absolute atomic E-state index is 12.4. The van der Waals surface area contributed by atoms with Gasteiger partial charge < -0.3 is 0 Å². The number of hydrazone groups is 1. The van der Waals surface area contributed by atoms with Crippen LogP contribution in [0.15, 0.2) is 82.1 Å². The Morgan fingerprint density at radius 3 is 2.29 bits per heavy atom. The molecule has 0 saturated carbocycles. The van der Waals surface area contributed by atoms with Gasteiger partial charge >= 0.3 is 0 Å². The van der Waals surface area contributed by atoms with Gasteiger partial charge in [-0.05, 0) is 30.5 Å². The molecule has 24 heavy (non-hydrogen) atoms. The zero-order valence-corrected chi connectivity index (χ0v) is 14.6. The van der Waals surface area contributed by atoms with Gasteiger partial charge in [0.25, 0.3) is 10.0 Å². The summed E-state index contributed by atoms with van der Waals surface area (Å²) in [5.41, 5.74) is 2.45. The fourth-order valence-electron chi connectivity index (χ4n) is 2.15. The zero-order valence-electron chi connectivity index (χ0n) is 13.0. The lowest BCUT2D eigenvalue weighted by molar-refractivity contribution is 0.584. The number of nitrogens with zero attached hydrogens (tertiary/aromatic N) is 1. The molecule has 3 rings (SSSR count). The Morgan fingerprint density at radius 2 is 1.67 bits per heavy atom. The van der Waals surface area contributed by atoms with Gasteiger partial charge in [0.15, 0.2) is 0 Å². The molecule has 0 aliphatic carbocycles. The van der Waals surface area contributed by atoms with Crippen LogP contribution in [0.2, 0.25) is 0 Å². The molecule has 3 aromatic rings. The highest BCUT2D eigenvalue weighted by Gasteiger charge is 2.14. The fourth-order valence-corrected chi connectivity index (χ4v) is 3.69. The molecule has 6 heteroatoms. The van der Waals surface area contributed by atoms with E-state index >= 15 is 0 Å². The van der Waals surface area contributed by atoms with Gasteiger partial charge in [-0.25, -0.2) is 0 Å². The predicted molar refractivity (Wildman–Crippen MR) is 97.9 cm³/mol. The van der Waals surface area contributed by atoms with Crippen LogP contribution in [-0.4, -0.2) is 14.1 Å². The second kappa shape index (κ2) is 6.98. The van der Waals surface area contributed by atoms with E-state index < -0.39 is 10.0 Å². The van der Waals surface area contributed by atoms with Crippen LogP contribution in [0.3, 0.4) is 0 Å². The average molecular weight is 356 g/mol. The third kappa shape index (κ3) is 3.72. The lowest BCUT2D eigenvalue weighted by Crippen LogP contribution is -2.20. The molecular formula is C18H16N2O2S2. The molecule has 0 saturated heterocycles. The predicted octanol–water partition coefficient (Wildman–Crippen LogP) is 3.79. The summed E-state index contributed by atoms with van der Waals surface area (Å²) in [4.78, 5) is 3.43. The van der Waals surface area contributed by atoms with Gasteiger partial charge in [-0.3, -0.25) is 0 Å². The highest BCUT2D eigenvalue weighted by atomic mass is 32.2. The molecule has 1 aromatic heterocycles. The number of hydrogen-bond donors (Lipinski definition) is 1. The second-order valence-electron chi connectivity index (χ2n) is 5.21. The van der Waals surface area contributed by atoms with E-state index in [-0.39, 0.29) is 4.90 Å². The van der Waals surface area contributed by atoms with Crippen molar-refractivity contribution in [2.24, 2.45) is 5.10 Å². The van der Waals surface area contributed by atoms with Gasteiger partial charge in [-0.2, -0.15) is 18.4 Å². The van der Waals surface area contributed by atoms with E-state index in [2.05, 4.69) is 9.93 Å². The topological polar surface area (TPSA) is 58.5 Å². The molecule has 1 heterocycles. The van der Waals surface area contributed by atoms with Crippen molar-refractivity contribution < 1.29 is 8.42 Å². The first-order valence-corrected chi connectivity index (χ1v) is 9.68. The SMILES string of the molecule is Cc1ccc(S(=O)(=O)NN=C(c2ccccc2)c2cccs2)cc1. The maximum atomic E-state index is 12.4. The second-order valence-corrected chi connectivity index (χ2v) is 7.82. The Morgan fingerprint density at radius 1 is 0.958 bits per heavy atom. The van der Waals surface area contributed by atoms with Crippen LogP contribution in [0, 0.1) is 6.92 Å². The van der Waals surface area contributed by atoms with Gasteiger partial charge in [-0.15, -0.1) is 11.3 Å². The third-order valence-electron chi connectivity index (χ3n) is 3.41. The molecule has 0 spiro atoms. The minimum absolute atomic E-state index is 0.190. The zero-order chi connectivity index (χ0) is 17.0. The summed E-state index contributed by atoms with van der Waals surface area (Å²) in [5.74, 6) is 0. The van der Waals surface area contributed by atoms with Crippen LogP contribution in [-0.2, 0) is 10.0 Å². The molecule has 0 unspecified atom stereocenters. The quantitative estimate of drug-likeness (QED) is 0.558. The highest BCUT2D eigenvalue weighted by molar-refractivity contribution is 7.89. The maximum Gasteiger partial charge on any atom is 0.276 e. The summed E-state index contributed by atoms with van der Waals surface area (Å²) < 4.78 is 24.9. The van der Waals surface area contributed by atoms with Crippen LogP contribution in [0.5, 0.6) is 0 Å². The normalized spacial score (nSPS) is 12.1. The van der Waals surface area contributed by atoms with Crippen molar-refractivity contribution in [1.82, 2.24) is 4.83 Å². The summed E-state index contributed by atoms with van der Waals surface area (Å²) in [6.45, 7) is 1.91. The van der Waals surface area contributed by atoms with E-state index in [1.165, 1.54) is 11.3 Å². The van der Waals surface area contributed by atoms with Gasteiger partial charge in [0.1, 0.15) is 5.71 Å². The Labute approximate surface area is 145 Å². The lowest BCUT2D eigenvalue weighted by atomic mass is 10.1. The average Bonchev–Trinajstić information content (AvgIpc) is 3.11. The van der Waals surface area contributed by atoms with Crippen molar-refractivity contribution in [3.63, 3.8) is 0 Å². The summed E-state index contributed by atoms with van der Waals surface area (Å²) in [6.07, 6.45) is 0. The Kier molecular flexibility index (Phi) is 4.78. The Hall–Kier alpha value is -2.44. The first-order valence-electron chi connectivity index (χ1n) is 7.32. The van der Waals surface area contributed by atoms with Crippen molar-refractivity contribution in [2.75, 3.05) is 0 Å². The molecular weight excluding hydrogens is 340 g/mol. The monoisotopic (exact) mass is 356 g/mol. The number of nitrogens with one attached hydrogen (secondary N) is 1. The van der Waals surface area contributed by atoms with Crippen molar-refractivity contribution in [2.45, 2.75) is 11.8 Å². The first-order chi connectivity index (χ1) is 11.6. The number of rotatable bonds is 5. The van der Waals surface area contributed by atoms with E-state index in [0.717, 1.165) is 16.0 Å². The lowest BCUT2D eigenvalue weighted by Gasteiger charge is -2.08. The molecule has 4 nitrogen and oxygen atoms in total. The molecule has 2 aromatic carbocycles. The summed E-state index contributed by atoms with van der Waals surface area (Å²) in [6, 6.07) is 20.0. The largest absolute Gasteiger partial charge is 0.276 e. The van der Waals surface area contributed by atoms with E-state index in [4.69, 9.17) is 0 Å². The standard InChI is InChI=1S/C18H16N2O2S2/c1-14-9-11-16(12-10-14)24(21,22)20-19-18(17-8-5-13-23-17)15-6-3-2-4-7-15/h2-13,20H,1H3. The summed E-state index contributed by atoms with van der Waals surface area (Å²) in [5, 5.41) is 6.13. The van der Waals surface area contributed by atoms with Crippen molar-refractivity contribution in [3.05, 3.63) is 88.1 Å². The van der Waals surface area contributed by atoms with Gasteiger partial charge in [-0.1, -0.05) is 54.1 Å². The molecule has 0 bridgehead atoms. The van der Waals surface area contributed by atoms with Gasteiger partial charge in [0.05, 0.1) is 9.77 Å². The van der Waals surface area contributed by atoms with Crippen LogP contribution in [0.25, 0.3) is 0 Å². The van der Waals surface area contributed by atoms with Crippen molar-refractivity contribution in [3.8, 4) is 0 Å². The van der Waals surface area contributed by atoms with E-state index in [1.54, 1.807) is 24.3 Å². The Balaban J connectivity index is 1.95. The van der Waals surface area contributed by atoms with E-state index in [9.17, 15) is 8.42 Å². The third-order valence-corrected chi connectivity index (χ3v) is 5.51. The molecule has 0 aliphatic rings. The van der Waals surface area contributed by atoms with Crippen LogP contribution < -0.4 is 4.83 Å². The fraction of sp³-hybridized carbons (Fsp3) is 0.0556. The van der Waals surface area contributed by atoms with Gasteiger partial charge in [0, 0.05) is 5.56 Å². The molecule has 122 valence electrons. The number of aryl methyl sites for hydroxylation is 1. The van der Waals surface area contributed by atoms with Crippen LogP contribution in [0.4, 0.5) is 0 Å². The number of benzene rings is 2. The minimum Gasteiger partial charge on any atom is -0.200 e. The van der Waals surface area contributed by atoms with E-state index in [1.807, 2.05) is 54.8 Å². The minimum atomic E-state index is -3.70. The molecule has 0 atom stereocenters. The number of thiophene rings is 1. The van der Waals surface area contributed by atoms with Crippen LogP contribution in [0.1, 0.15) is 16.0 Å². The van der Waals surface area contributed by atoms with Crippen LogP contribution >= 0.6 is 11.3 Å². The molecule has 1 N–H and O–H groups in total. The molecule has 0 aliphatic heterocycles. The van der Waals surface area contributed by atoms with Crippen molar-refractivity contribution in [1.29, 1.82) is 0 Å². The molecule has 0 amide bonds. The summed E-state index contributed by atoms with van der Waals surface area (Å²) in [7, 11) is -3.70. The smallest absolute Gasteiger partial charge is 0.200 e. The molecule has 0 fully saturated rings. The summed E-state index contributed by atoms with van der Waals surface area (Å²) >= 11 is 1.51. The van der Waals surface area contributed by atoms with Gasteiger partial charge in [0.2, 0.25) is 0 Å².